The Morgan fingerprint density at radius 2 is 1.85 bits per heavy atom. The fourth-order valence-corrected chi connectivity index (χ4v) is 1.45. The SMILES string of the molecule is COS(=O)(=O)OCCC[Si](F)(F)F. The van der Waals surface area contributed by atoms with Crippen molar-refractivity contribution in [1.29, 1.82) is 0 Å². The van der Waals surface area contributed by atoms with Crippen LogP contribution >= 0.6 is 0 Å². The van der Waals surface area contributed by atoms with E-state index in [9.17, 15) is 20.7 Å². The molecule has 0 saturated heterocycles. The van der Waals surface area contributed by atoms with Gasteiger partial charge in [0.1, 0.15) is 0 Å². The molecule has 0 aromatic heterocycles. The molecule has 9 heteroatoms. The zero-order valence-electron chi connectivity index (χ0n) is 6.80. The highest BCUT2D eigenvalue weighted by Crippen LogP contribution is 2.16. The summed E-state index contributed by atoms with van der Waals surface area (Å²) in [5.41, 5.74) is 0. The molecule has 0 heterocycles. The molecule has 0 amide bonds. The molecule has 0 radical (unpaired) electrons. The first-order valence-electron chi connectivity index (χ1n) is 3.28. The second-order valence-electron chi connectivity index (χ2n) is 2.12. The monoisotopic (exact) mass is 238 g/mol. The highest BCUT2D eigenvalue weighted by Gasteiger charge is 2.35. The lowest BCUT2D eigenvalue weighted by Crippen LogP contribution is -2.16. The summed E-state index contributed by atoms with van der Waals surface area (Å²) in [7, 11) is -8.80. The molecule has 0 bridgehead atoms. The van der Waals surface area contributed by atoms with Crippen LogP contribution in [0.1, 0.15) is 6.42 Å². The van der Waals surface area contributed by atoms with Gasteiger partial charge in [0.05, 0.1) is 13.7 Å². The molecule has 0 saturated carbocycles. The van der Waals surface area contributed by atoms with Gasteiger partial charge in [0.15, 0.2) is 0 Å². The summed E-state index contributed by atoms with van der Waals surface area (Å²) in [6.07, 6.45) is -0.349. The zero-order chi connectivity index (χ0) is 10.5. The Balaban J connectivity index is 3.59. The fourth-order valence-electron chi connectivity index (χ4n) is 0.482. The Morgan fingerprint density at radius 1 is 1.31 bits per heavy atom. The largest absolute Gasteiger partial charge is 0.616 e. The zero-order valence-corrected chi connectivity index (χ0v) is 8.61. The highest BCUT2D eigenvalue weighted by molar-refractivity contribution is 7.81. The van der Waals surface area contributed by atoms with Crippen LogP contribution < -0.4 is 0 Å². The Hall–Kier alpha value is -0.123. The number of halogens is 3. The van der Waals surface area contributed by atoms with Gasteiger partial charge in [0.25, 0.3) is 0 Å². The molecule has 0 aromatic rings. The quantitative estimate of drug-likeness (QED) is 0.395. The van der Waals surface area contributed by atoms with Crippen molar-refractivity contribution in [3.05, 3.63) is 0 Å². The van der Waals surface area contributed by atoms with E-state index in [0.29, 0.717) is 0 Å². The minimum absolute atomic E-state index is 0.349. The lowest BCUT2D eigenvalue weighted by atomic mass is 10.5. The second kappa shape index (κ2) is 4.93. The molecule has 0 N–H and O–H groups in total. The molecule has 80 valence electrons. The van der Waals surface area contributed by atoms with Crippen molar-refractivity contribution in [3.63, 3.8) is 0 Å². The summed E-state index contributed by atoms with van der Waals surface area (Å²) in [5.74, 6) is 0. The molecule has 13 heavy (non-hydrogen) atoms. The van der Waals surface area contributed by atoms with Gasteiger partial charge in [0, 0.05) is 6.04 Å². The molecule has 0 spiro atoms. The maximum absolute atomic E-state index is 11.7. The Kier molecular flexibility index (Phi) is 4.89. The average molecular weight is 238 g/mol. The predicted octanol–water partition coefficient (Wildman–Crippen LogP) is 1.13. The van der Waals surface area contributed by atoms with Gasteiger partial charge in [-0.25, -0.2) is 16.5 Å². The van der Waals surface area contributed by atoms with E-state index >= 15 is 0 Å². The fraction of sp³-hybridized carbons (Fsp3) is 1.00. The standard InChI is InChI=1S/C4H9F3O4SSi/c1-10-12(8,9)11-3-2-4-13(5,6)7/h2-4H2,1H3. The van der Waals surface area contributed by atoms with E-state index in [1.165, 1.54) is 0 Å². The number of rotatable bonds is 6. The number of hydrogen-bond donors (Lipinski definition) is 0. The van der Waals surface area contributed by atoms with Crippen LogP contribution in [0.5, 0.6) is 0 Å². The van der Waals surface area contributed by atoms with Crippen LogP contribution in [0.3, 0.4) is 0 Å². The predicted molar refractivity (Wildman–Crippen MR) is 40.4 cm³/mol. The van der Waals surface area contributed by atoms with E-state index in [2.05, 4.69) is 8.37 Å². The summed E-state index contributed by atoms with van der Waals surface area (Å²) in [5, 5.41) is 0. The smallest absolute Gasteiger partial charge is 0.252 e. The molecular formula is C4H9F3O4SSi. The van der Waals surface area contributed by atoms with Gasteiger partial charge in [-0.2, -0.15) is 8.42 Å². The molecule has 0 atom stereocenters. The lowest BCUT2D eigenvalue weighted by molar-refractivity contribution is 0.241. The van der Waals surface area contributed by atoms with Crippen LogP contribution in [0.15, 0.2) is 0 Å². The van der Waals surface area contributed by atoms with E-state index in [0.717, 1.165) is 7.11 Å². The van der Waals surface area contributed by atoms with Gasteiger partial charge in [-0.15, -0.1) is 0 Å². The molecular weight excluding hydrogens is 229 g/mol. The normalized spacial score (nSPS) is 13.2. The van der Waals surface area contributed by atoms with Crippen molar-refractivity contribution in [2.75, 3.05) is 13.7 Å². The second-order valence-corrected chi connectivity index (χ2v) is 5.23. The van der Waals surface area contributed by atoms with Gasteiger partial charge in [-0.3, -0.25) is 4.18 Å². The van der Waals surface area contributed by atoms with E-state index < -0.39 is 32.1 Å². The Bertz CT molecular complexity index is 236. The lowest BCUT2D eigenvalue weighted by Gasteiger charge is -2.03. The highest BCUT2D eigenvalue weighted by atomic mass is 32.3. The summed E-state index contributed by atoms with van der Waals surface area (Å²) >= 11 is 0. The number of hydrogen-bond acceptors (Lipinski definition) is 4. The van der Waals surface area contributed by atoms with E-state index in [4.69, 9.17) is 0 Å². The minimum Gasteiger partial charge on any atom is -0.252 e. The van der Waals surface area contributed by atoms with Crippen LogP contribution in [0.25, 0.3) is 0 Å². The first-order chi connectivity index (χ1) is 5.77. The van der Waals surface area contributed by atoms with Gasteiger partial charge in [0.2, 0.25) is 0 Å². The molecule has 0 fully saturated rings. The Labute approximate surface area is 75.5 Å². The summed E-state index contributed by atoms with van der Waals surface area (Å²) < 4.78 is 63.7. The minimum atomic E-state index is -5.58. The van der Waals surface area contributed by atoms with Crippen molar-refractivity contribution in [3.8, 4) is 0 Å². The van der Waals surface area contributed by atoms with Crippen LogP contribution in [0.2, 0.25) is 6.04 Å². The average Bonchev–Trinajstić information content (AvgIpc) is 1.97. The maximum Gasteiger partial charge on any atom is 0.616 e. The van der Waals surface area contributed by atoms with E-state index in [-0.39, 0.29) is 6.42 Å². The summed E-state index contributed by atoms with van der Waals surface area (Å²) in [4.78, 5) is 0. The van der Waals surface area contributed by atoms with Crippen molar-refractivity contribution < 1.29 is 29.1 Å². The van der Waals surface area contributed by atoms with Gasteiger partial charge < -0.3 is 0 Å². The third kappa shape index (κ3) is 8.21. The third-order valence-corrected chi connectivity index (χ3v) is 2.82. The van der Waals surface area contributed by atoms with Gasteiger partial charge in [-0.05, 0) is 6.42 Å². The molecule has 4 nitrogen and oxygen atoms in total. The van der Waals surface area contributed by atoms with Crippen molar-refractivity contribution in [2.45, 2.75) is 12.5 Å². The molecule has 0 unspecified atom stereocenters. The Morgan fingerprint density at radius 3 is 2.23 bits per heavy atom. The van der Waals surface area contributed by atoms with Crippen LogP contribution in [0, 0.1) is 0 Å². The third-order valence-electron chi connectivity index (χ3n) is 1.04. The first-order valence-corrected chi connectivity index (χ1v) is 6.46. The molecule has 0 aromatic carbocycles. The van der Waals surface area contributed by atoms with Crippen LogP contribution in [0.4, 0.5) is 12.3 Å². The van der Waals surface area contributed by atoms with Gasteiger partial charge >= 0.3 is 19.5 Å². The van der Waals surface area contributed by atoms with Crippen LogP contribution in [-0.4, -0.2) is 31.2 Å². The van der Waals surface area contributed by atoms with Crippen molar-refractivity contribution in [1.82, 2.24) is 0 Å². The molecule has 0 aliphatic rings. The molecule has 0 rings (SSSR count). The summed E-state index contributed by atoms with van der Waals surface area (Å²) in [6, 6.07) is -0.938. The van der Waals surface area contributed by atoms with E-state index in [1.807, 2.05) is 0 Å². The van der Waals surface area contributed by atoms with E-state index in [1.54, 1.807) is 0 Å². The van der Waals surface area contributed by atoms with Crippen molar-refractivity contribution >= 4 is 19.5 Å². The first kappa shape index (κ1) is 12.9. The summed E-state index contributed by atoms with van der Waals surface area (Å²) in [6.45, 7) is -0.497. The maximum atomic E-state index is 11.7. The molecule has 0 aliphatic heterocycles. The molecule has 0 aliphatic carbocycles. The van der Waals surface area contributed by atoms with Crippen LogP contribution in [-0.2, 0) is 18.8 Å². The van der Waals surface area contributed by atoms with Crippen molar-refractivity contribution in [2.24, 2.45) is 0 Å². The van der Waals surface area contributed by atoms with Gasteiger partial charge in [-0.1, -0.05) is 0 Å². The topological polar surface area (TPSA) is 52.6 Å².